The van der Waals surface area contributed by atoms with Crippen molar-refractivity contribution in [2.24, 2.45) is 5.92 Å². The number of nitrogens with zero attached hydrogens (tertiary/aromatic N) is 1. The van der Waals surface area contributed by atoms with Gasteiger partial charge in [0.2, 0.25) is 0 Å². The quantitative estimate of drug-likeness (QED) is 0.924. The molecule has 2 aromatic rings. The van der Waals surface area contributed by atoms with Crippen molar-refractivity contribution in [2.75, 3.05) is 19.6 Å². The lowest BCUT2D eigenvalue weighted by Crippen LogP contribution is -2.57. The number of furan rings is 1. The molecule has 3 aliphatic rings. The second-order valence-corrected chi connectivity index (χ2v) is 6.01. The Bertz CT molecular complexity index is 695. The largest absolute Gasteiger partial charge is 0.451 e. The van der Waals surface area contributed by atoms with Crippen LogP contribution in [0.1, 0.15) is 23.4 Å². The van der Waals surface area contributed by atoms with Crippen LogP contribution in [0.15, 0.2) is 28.7 Å². The molecule has 22 heavy (non-hydrogen) atoms. The Hall–Kier alpha value is -1.59. The van der Waals surface area contributed by atoms with E-state index in [1.54, 1.807) is 12.1 Å². The van der Waals surface area contributed by atoms with E-state index in [9.17, 15) is 9.18 Å². The number of piperidine rings is 3. The van der Waals surface area contributed by atoms with Crippen LogP contribution >= 0.6 is 12.4 Å². The van der Waals surface area contributed by atoms with Crippen LogP contribution in [-0.4, -0.2) is 36.5 Å². The van der Waals surface area contributed by atoms with Gasteiger partial charge in [-0.15, -0.1) is 12.4 Å². The number of fused-ring (bicyclic) bond motifs is 4. The first-order valence-corrected chi connectivity index (χ1v) is 7.41. The molecule has 0 unspecified atom stereocenters. The average molecular weight is 325 g/mol. The number of carbonyl (C=O) groups is 1. The Morgan fingerprint density at radius 1 is 1.27 bits per heavy atom. The Morgan fingerprint density at radius 2 is 2.05 bits per heavy atom. The summed E-state index contributed by atoms with van der Waals surface area (Å²) in [5.41, 5.74) is 0.537. The lowest BCUT2D eigenvalue weighted by molar-refractivity contribution is 0.0607. The van der Waals surface area contributed by atoms with Crippen LogP contribution < -0.4 is 5.32 Å². The van der Waals surface area contributed by atoms with Crippen molar-refractivity contribution in [3.8, 4) is 0 Å². The zero-order chi connectivity index (χ0) is 14.4. The molecule has 1 aromatic heterocycles. The topological polar surface area (TPSA) is 45.5 Å². The minimum absolute atomic E-state index is 0. The van der Waals surface area contributed by atoms with Gasteiger partial charge in [0.05, 0.1) is 0 Å². The van der Waals surface area contributed by atoms with Gasteiger partial charge in [-0.25, -0.2) is 4.39 Å². The van der Waals surface area contributed by atoms with Crippen LogP contribution in [0, 0.1) is 11.7 Å². The van der Waals surface area contributed by atoms with Gasteiger partial charge in [-0.1, -0.05) is 0 Å². The smallest absolute Gasteiger partial charge is 0.287 e. The molecular formula is C16H18ClFN2O2. The lowest BCUT2D eigenvalue weighted by Gasteiger charge is -2.44. The van der Waals surface area contributed by atoms with E-state index in [4.69, 9.17) is 4.42 Å². The van der Waals surface area contributed by atoms with Gasteiger partial charge in [-0.2, -0.15) is 0 Å². The molecule has 0 spiro atoms. The monoisotopic (exact) mass is 324 g/mol. The minimum atomic E-state index is -0.326. The lowest BCUT2D eigenvalue weighted by atomic mass is 9.84. The molecule has 6 heteroatoms. The summed E-state index contributed by atoms with van der Waals surface area (Å²) in [7, 11) is 0. The van der Waals surface area contributed by atoms with Crippen molar-refractivity contribution >= 4 is 29.3 Å². The Kier molecular flexibility index (Phi) is 4.10. The summed E-state index contributed by atoms with van der Waals surface area (Å²) in [6, 6.07) is 6.07. The molecule has 2 bridgehead atoms. The Balaban J connectivity index is 0.00000144. The fraction of sp³-hybridized carbons (Fsp3) is 0.438. The van der Waals surface area contributed by atoms with Gasteiger partial charge in [0.1, 0.15) is 11.4 Å². The van der Waals surface area contributed by atoms with Gasteiger partial charge in [0.15, 0.2) is 5.76 Å². The number of hydrogen-bond acceptors (Lipinski definition) is 3. The summed E-state index contributed by atoms with van der Waals surface area (Å²) >= 11 is 0. The van der Waals surface area contributed by atoms with Gasteiger partial charge in [0.25, 0.3) is 5.91 Å². The number of halogens is 2. The van der Waals surface area contributed by atoms with Crippen molar-refractivity contribution in [3.05, 3.63) is 35.8 Å². The van der Waals surface area contributed by atoms with E-state index in [-0.39, 0.29) is 35.9 Å². The molecular weight excluding hydrogens is 307 g/mol. The van der Waals surface area contributed by atoms with Crippen LogP contribution in [0.3, 0.4) is 0 Å². The zero-order valence-electron chi connectivity index (χ0n) is 12.0. The third-order valence-corrected chi connectivity index (χ3v) is 4.67. The normalized spacial score (nSPS) is 26.7. The number of nitrogens with one attached hydrogen (secondary N) is 1. The van der Waals surface area contributed by atoms with Crippen LogP contribution in [0.25, 0.3) is 11.0 Å². The van der Waals surface area contributed by atoms with Gasteiger partial charge in [0, 0.05) is 18.0 Å². The van der Waals surface area contributed by atoms with Gasteiger partial charge >= 0.3 is 0 Å². The molecule has 1 aromatic carbocycles. The van der Waals surface area contributed by atoms with E-state index in [0.29, 0.717) is 16.9 Å². The van der Waals surface area contributed by atoms with E-state index in [1.165, 1.54) is 12.1 Å². The summed E-state index contributed by atoms with van der Waals surface area (Å²) in [4.78, 5) is 14.7. The van der Waals surface area contributed by atoms with Crippen molar-refractivity contribution < 1.29 is 13.6 Å². The standard InChI is InChI=1S/C16H17FN2O2.ClH/c17-12-1-2-14-11(7-12)8-15(21-14)16(20)18-13-9-19-5-3-10(13)4-6-19;/h1-2,7-8,10,13H,3-6,9H2,(H,18,20);1H/t13-;/m1./s1. The summed E-state index contributed by atoms with van der Waals surface area (Å²) < 4.78 is 18.7. The predicted octanol–water partition coefficient (Wildman–Crippen LogP) is 2.82. The summed E-state index contributed by atoms with van der Waals surface area (Å²) in [5, 5.41) is 3.69. The molecule has 3 saturated heterocycles. The highest BCUT2D eigenvalue weighted by Gasteiger charge is 2.35. The fourth-order valence-corrected chi connectivity index (χ4v) is 3.49. The molecule has 3 fully saturated rings. The van der Waals surface area contributed by atoms with Gasteiger partial charge < -0.3 is 14.6 Å². The van der Waals surface area contributed by atoms with Crippen molar-refractivity contribution in [3.63, 3.8) is 0 Å². The Morgan fingerprint density at radius 3 is 2.73 bits per heavy atom. The van der Waals surface area contributed by atoms with E-state index < -0.39 is 0 Å². The second kappa shape index (κ2) is 5.89. The first-order chi connectivity index (χ1) is 10.2. The SMILES string of the molecule is Cl.O=C(N[C@@H]1CN2CCC1CC2)c1cc2cc(F)ccc2o1. The molecule has 1 amide bonds. The van der Waals surface area contributed by atoms with Gasteiger partial charge in [-0.3, -0.25) is 4.79 Å². The fourth-order valence-electron chi connectivity index (χ4n) is 3.49. The van der Waals surface area contributed by atoms with Crippen molar-refractivity contribution in [2.45, 2.75) is 18.9 Å². The summed E-state index contributed by atoms with van der Waals surface area (Å²) in [6.07, 6.45) is 2.30. The van der Waals surface area contributed by atoms with Crippen molar-refractivity contribution in [1.29, 1.82) is 0 Å². The van der Waals surface area contributed by atoms with Gasteiger partial charge in [-0.05, 0) is 56.1 Å². The van der Waals surface area contributed by atoms with E-state index in [0.717, 1.165) is 32.5 Å². The maximum absolute atomic E-state index is 13.2. The van der Waals surface area contributed by atoms with E-state index in [1.807, 2.05) is 0 Å². The molecule has 4 heterocycles. The predicted molar refractivity (Wildman–Crippen MR) is 83.8 cm³/mol. The average Bonchev–Trinajstić information content (AvgIpc) is 2.91. The van der Waals surface area contributed by atoms with Crippen molar-refractivity contribution in [1.82, 2.24) is 10.2 Å². The van der Waals surface area contributed by atoms with Crippen LogP contribution in [0.4, 0.5) is 4.39 Å². The maximum atomic E-state index is 13.2. The molecule has 118 valence electrons. The number of carbonyl (C=O) groups excluding carboxylic acids is 1. The van der Waals surface area contributed by atoms with Crippen LogP contribution in [0.2, 0.25) is 0 Å². The highest BCUT2D eigenvalue weighted by atomic mass is 35.5. The molecule has 0 saturated carbocycles. The third-order valence-electron chi connectivity index (χ3n) is 4.67. The number of benzene rings is 1. The molecule has 1 N–H and O–H groups in total. The van der Waals surface area contributed by atoms with Crippen LogP contribution in [-0.2, 0) is 0 Å². The molecule has 1 atom stereocenters. The highest BCUT2D eigenvalue weighted by molar-refractivity contribution is 5.96. The molecule has 4 nitrogen and oxygen atoms in total. The van der Waals surface area contributed by atoms with E-state index >= 15 is 0 Å². The maximum Gasteiger partial charge on any atom is 0.287 e. The molecule has 0 aliphatic carbocycles. The molecule has 3 aliphatic heterocycles. The number of hydrogen-bond donors (Lipinski definition) is 1. The highest BCUT2D eigenvalue weighted by Crippen LogP contribution is 2.28. The second-order valence-electron chi connectivity index (χ2n) is 6.01. The Labute approximate surface area is 134 Å². The minimum Gasteiger partial charge on any atom is -0.451 e. The molecule has 5 rings (SSSR count). The third kappa shape index (κ3) is 2.71. The summed E-state index contributed by atoms with van der Waals surface area (Å²) in [5.74, 6) is 0.297. The molecule has 0 radical (unpaired) electrons. The summed E-state index contributed by atoms with van der Waals surface area (Å²) in [6.45, 7) is 3.20. The van der Waals surface area contributed by atoms with E-state index in [2.05, 4.69) is 10.2 Å². The number of amides is 1. The van der Waals surface area contributed by atoms with Crippen LogP contribution in [0.5, 0.6) is 0 Å². The first-order valence-electron chi connectivity index (χ1n) is 7.41. The number of rotatable bonds is 2. The first kappa shape index (κ1) is 15.3. The zero-order valence-corrected chi connectivity index (χ0v) is 12.9.